The van der Waals surface area contributed by atoms with Crippen LogP contribution in [0, 0.1) is 11.3 Å². The highest BCUT2D eigenvalue weighted by atomic mass is 14.7. The van der Waals surface area contributed by atoms with E-state index >= 15 is 0 Å². The van der Waals surface area contributed by atoms with Crippen LogP contribution in [0.15, 0.2) is 53.6 Å². The van der Waals surface area contributed by atoms with Crippen LogP contribution in [0.25, 0.3) is 0 Å². The van der Waals surface area contributed by atoms with Gasteiger partial charge in [-0.3, -0.25) is 4.99 Å². The quantitative estimate of drug-likeness (QED) is 0.428. The normalized spacial score (nSPS) is 16.1. The monoisotopic (exact) mass is 283 g/mol. The molecule has 0 N–H and O–H groups in total. The molecule has 0 radical (unpaired) electrons. The second kappa shape index (κ2) is 7.97. The van der Waals surface area contributed by atoms with E-state index in [1.807, 2.05) is 0 Å². The van der Waals surface area contributed by atoms with E-state index in [1.54, 1.807) is 0 Å². The van der Waals surface area contributed by atoms with Gasteiger partial charge in [-0.25, -0.2) is 0 Å². The van der Waals surface area contributed by atoms with Gasteiger partial charge >= 0.3 is 0 Å². The molecule has 0 aromatic heterocycles. The average Bonchev–Trinajstić information content (AvgIpc) is 2.46. The summed E-state index contributed by atoms with van der Waals surface area (Å²) in [5.41, 5.74) is 2.40. The van der Waals surface area contributed by atoms with E-state index in [-0.39, 0.29) is 5.41 Å². The molecule has 0 amide bonds. The average molecular weight is 283 g/mol. The third-order valence-electron chi connectivity index (χ3n) is 4.10. The second-order valence-electron chi connectivity index (χ2n) is 6.27. The minimum absolute atomic E-state index is 0.0451. The van der Waals surface area contributed by atoms with Gasteiger partial charge in [-0.05, 0) is 31.4 Å². The molecule has 0 aliphatic heterocycles. The molecule has 0 saturated heterocycles. The Morgan fingerprint density at radius 3 is 2.24 bits per heavy atom. The van der Waals surface area contributed by atoms with Gasteiger partial charge in [0.15, 0.2) is 0 Å². The second-order valence-corrected chi connectivity index (χ2v) is 6.27. The van der Waals surface area contributed by atoms with Gasteiger partial charge in [0.2, 0.25) is 0 Å². The van der Waals surface area contributed by atoms with Gasteiger partial charge in [-0.2, -0.15) is 0 Å². The predicted octanol–water partition coefficient (Wildman–Crippen LogP) is 6.31. The van der Waals surface area contributed by atoms with Crippen molar-refractivity contribution in [1.82, 2.24) is 0 Å². The molecule has 2 atom stereocenters. The number of rotatable bonds is 6. The molecule has 0 fully saturated rings. The zero-order chi connectivity index (χ0) is 15.9. The van der Waals surface area contributed by atoms with Crippen molar-refractivity contribution in [3.63, 3.8) is 0 Å². The lowest BCUT2D eigenvalue weighted by atomic mass is 9.81. The van der Waals surface area contributed by atoms with Crippen LogP contribution < -0.4 is 0 Å². The number of benzene rings is 1. The van der Waals surface area contributed by atoms with E-state index in [1.165, 1.54) is 5.56 Å². The highest BCUT2D eigenvalue weighted by Gasteiger charge is 2.21. The molecule has 114 valence electrons. The molecule has 0 saturated carbocycles. The zero-order valence-electron chi connectivity index (χ0n) is 14.3. The van der Waals surface area contributed by atoms with Gasteiger partial charge in [0, 0.05) is 17.5 Å². The van der Waals surface area contributed by atoms with Gasteiger partial charge in [-0.15, -0.1) is 0 Å². The standard InChI is InChI=1S/C20H29N/c1-7-11-16(3)18-13-9-10-14-19(18)21-15-20(5,6)17(4)12-8-2/h7-17H,1-6H3/b11-7+,12-8+,21-15?. The molecular formula is C20H29N. The van der Waals surface area contributed by atoms with Crippen molar-refractivity contribution in [2.24, 2.45) is 16.3 Å². The Morgan fingerprint density at radius 2 is 1.62 bits per heavy atom. The number of para-hydroxylation sites is 1. The van der Waals surface area contributed by atoms with Crippen molar-refractivity contribution in [3.05, 3.63) is 54.1 Å². The van der Waals surface area contributed by atoms with Crippen molar-refractivity contribution in [2.45, 2.75) is 47.5 Å². The Labute approximate surface area is 130 Å². The summed E-state index contributed by atoms with van der Waals surface area (Å²) in [6.45, 7) is 13.0. The number of hydrogen-bond acceptors (Lipinski definition) is 1. The van der Waals surface area contributed by atoms with Crippen molar-refractivity contribution in [3.8, 4) is 0 Å². The Kier molecular flexibility index (Phi) is 6.61. The molecule has 0 spiro atoms. The topological polar surface area (TPSA) is 12.4 Å². The highest BCUT2D eigenvalue weighted by Crippen LogP contribution is 2.30. The summed E-state index contributed by atoms with van der Waals surface area (Å²) in [4.78, 5) is 4.79. The summed E-state index contributed by atoms with van der Waals surface area (Å²) in [7, 11) is 0. The van der Waals surface area contributed by atoms with E-state index in [0.717, 1.165) is 5.69 Å². The molecule has 1 aromatic carbocycles. The molecule has 0 aliphatic rings. The first kappa shape index (κ1) is 17.4. The molecule has 21 heavy (non-hydrogen) atoms. The zero-order valence-corrected chi connectivity index (χ0v) is 14.3. The summed E-state index contributed by atoms with van der Waals surface area (Å²) in [5.74, 6) is 0.853. The molecule has 1 heteroatoms. The first-order valence-electron chi connectivity index (χ1n) is 7.82. The minimum Gasteiger partial charge on any atom is -0.260 e. The predicted molar refractivity (Wildman–Crippen MR) is 95.6 cm³/mol. The van der Waals surface area contributed by atoms with Crippen LogP contribution in [0.3, 0.4) is 0 Å². The van der Waals surface area contributed by atoms with Crippen molar-refractivity contribution < 1.29 is 0 Å². The summed E-state index contributed by atoms with van der Waals surface area (Å²) < 4.78 is 0. The van der Waals surface area contributed by atoms with Gasteiger partial charge in [0.1, 0.15) is 0 Å². The van der Waals surface area contributed by atoms with Crippen LogP contribution in [-0.4, -0.2) is 6.21 Å². The van der Waals surface area contributed by atoms with E-state index in [4.69, 9.17) is 4.99 Å². The fraction of sp³-hybridized carbons (Fsp3) is 0.450. The largest absolute Gasteiger partial charge is 0.260 e. The highest BCUT2D eigenvalue weighted by molar-refractivity contribution is 5.71. The van der Waals surface area contributed by atoms with Gasteiger partial charge in [0.25, 0.3) is 0 Å². The maximum atomic E-state index is 4.79. The Balaban J connectivity index is 3.05. The number of hydrogen-bond donors (Lipinski definition) is 0. The molecule has 0 bridgehead atoms. The summed E-state index contributed by atoms with van der Waals surface area (Å²) >= 11 is 0. The van der Waals surface area contributed by atoms with E-state index in [2.05, 4.69) is 96.3 Å². The lowest BCUT2D eigenvalue weighted by Gasteiger charge is -2.25. The van der Waals surface area contributed by atoms with Crippen LogP contribution in [0.5, 0.6) is 0 Å². The Hall–Kier alpha value is -1.63. The fourth-order valence-corrected chi connectivity index (χ4v) is 2.27. The first-order chi connectivity index (χ1) is 9.92. The van der Waals surface area contributed by atoms with Gasteiger partial charge in [0.05, 0.1) is 5.69 Å². The molecule has 1 aromatic rings. The summed E-state index contributed by atoms with van der Waals surface area (Å²) in [6.07, 6.45) is 10.8. The summed E-state index contributed by atoms with van der Waals surface area (Å²) in [6, 6.07) is 8.41. The van der Waals surface area contributed by atoms with Gasteiger partial charge in [-0.1, -0.05) is 70.2 Å². The number of allylic oxidation sites excluding steroid dienone is 4. The lowest BCUT2D eigenvalue weighted by molar-refractivity contribution is 0.412. The molecule has 0 heterocycles. The lowest BCUT2D eigenvalue weighted by Crippen LogP contribution is -2.21. The maximum Gasteiger partial charge on any atom is 0.0663 e. The molecule has 1 rings (SSSR count). The smallest absolute Gasteiger partial charge is 0.0663 e. The van der Waals surface area contributed by atoms with Crippen LogP contribution in [0.1, 0.15) is 53.0 Å². The third kappa shape index (κ3) is 5.00. The summed E-state index contributed by atoms with van der Waals surface area (Å²) in [5, 5.41) is 0. The van der Waals surface area contributed by atoms with Crippen LogP contribution in [0.4, 0.5) is 5.69 Å². The van der Waals surface area contributed by atoms with Gasteiger partial charge < -0.3 is 0 Å². The Morgan fingerprint density at radius 1 is 1.00 bits per heavy atom. The Bertz CT molecular complexity index is 520. The van der Waals surface area contributed by atoms with E-state index < -0.39 is 0 Å². The van der Waals surface area contributed by atoms with E-state index in [9.17, 15) is 0 Å². The maximum absolute atomic E-state index is 4.79. The molecule has 0 aliphatic carbocycles. The van der Waals surface area contributed by atoms with Crippen LogP contribution in [0.2, 0.25) is 0 Å². The van der Waals surface area contributed by atoms with Crippen LogP contribution in [-0.2, 0) is 0 Å². The number of nitrogens with zero attached hydrogens (tertiary/aromatic N) is 1. The van der Waals surface area contributed by atoms with Crippen molar-refractivity contribution in [2.75, 3.05) is 0 Å². The molecule has 2 unspecified atom stereocenters. The van der Waals surface area contributed by atoms with Crippen molar-refractivity contribution in [1.29, 1.82) is 0 Å². The minimum atomic E-state index is 0.0451. The first-order valence-corrected chi connectivity index (χ1v) is 7.82. The molecule has 1 nitrogen and oxygen atoms in total. The van der Waals surface area contributed by atoms with Crippen LogP contribution >= 0.6 is 0 Å². The SMILES string of the molecule is C/C=C/C(C)c1ccccc1N=CC(C)(C)C(C)/C=C/C. The fourth-order valence-electron chi connectivity index (χ4n) is 2.27. The van der Waals surface area contributed by atoms with E-state index in [0.29, 0.717) is 11.8 Å². The molecular weight excluding hydrogens is 254 g/mol. The third-order valence-corrected chi connectivity index (χ3v) is 4.10. The number of aliphatic imine (C=N–C) groups is 1. The van der Waals surface area contributed by atoms with Crippen molar-refractivity contribution >= 4 is 11.9 Å².